The Morgan fingerprint density at radius 1 is 1.40 bits per heavy atom. The molecule has 0 bridgehead atoms. The van der Waals surface area contributed by atoms with E-state index in [4.69, 9.17) is 17.3 Å². The van der Waals surface area contributed by atoms with Crippen molar-refractivity contribution in [3.63, 3.8) is 0 Å². The average Bonchev–Trinajstić information content (AvgIpc) is 2.15. The number of hydrogen-bond donors (Lipinski definition) is 2. The minimum Gasteiger partial charge on any atom is -0.387 e. The zero-order valence-electron chi connectivity index (χ0n) is 7.55. The lowest BCUT2D eigenvalue weighted by atomic mass is 10.0. The van der Waals surface area contributed by atoms with Gasteiger partial charge in [-0.1, -0.05) is 17.7 Å². The van der Waals surface area contributed by atoms with Gasteiger partial charge in [0.1, 0.15) is 0 Å². The van der Waals surface area contributed by atoms with Gasteiger partial charge in [-0.05, 0) is 12.1 Å². The Kier molecular flexibility index (Phi) is 3.59. The quantitative estimate of drug-likeness (QED) is 0.832. The Morgan fingerprint density at radius 3 is 2.47 bits per heavy atom. The Balaban J connectivity index is 3.33. The SMILES string of the molecule is NCC(O)c1c(Cl)cccc1C(F)(F)F. The number of aliphatic hydroxyl groups excluding tert-OH is 1. The van der Waals surface area contributed by atoms with E-state index in [1.807, 2.05) is 0 Å². The van der Waals surface area contributed by atoms with Gasteiger partial charge in [-0.3, -0.25) is 0 Å². The summed E-state index contributed by atoms with van der Waals surface area (Å²) in [5.41, 5.74) is 3.79. The van der Waals surface area contributed by atoms with Gasteiger partial charge in [0.05, 0.1) is 11.7 Å². The molecule has 1 unspecified atom stereocenters. The first-order valence-corrected chi connectivity index (χ1v) is 4.49. The van der Waals surface area contributed by atoms with Gasteiger partial charge < -0.3 is 10.8 Å². The molecule has 0 aromatic heterocycles. The van der Waals surface area contributed by atoms with Crippen molar-refractivity contribution in [2.45, 2.75) is 12.3 Å². The van der Waals surface area contributed by atoms with Crippen LogP contribution in [-0.4, -0.2) is 11.7 Å². The summed E-state index contributed by atoms with van der Waals surface area (Å²) in [6, 6.07) is 3.32. The van der Waals surface area contributed by atoms with Gasteiger partial charge in [0, 0.05) is 17.1 Å². The Bertz CT molecular complexity index is 354. The average molecular weight is 240 g/mol. The maximum Gasteiger partial charge on any atom is 0.416 e. The van der Waals surface area contributed by atoms with Crippen LogP contribution in [0.3, 0.4) is 0 Å². The highest BCUT2D eigenvalue weighted by atomic mass is 35.5. The van der Waals surface area contributed by atoms with E-state index >= 15 is 0 Å². The molecule has 0 fully saturated rings. The van der Waals surface area contributed by atoms with E-state index in [2.05, 4.69) is 0 Å². The van der Waals surface area contributed by atoms with Crippen LogP contribution in [0.15, 0.2) is 18.2 Å². The Hall–Kier alpha value is -0.780. The number of rotatable bonds is 2. The summed E-state index contributed by atoms with van der Waals surface area (Å²) < 4.78 is 37.5. The van der Waals surface area contributed by atoms with Crippen molar-refractivity contribution in [1.29, 1.82) is 0 Å². The van der Waals surface area contributed by atoms with Crippen LogP contribution in [0.4, 0.5) is 13.2 Å². The molecule has 15 heavy (non-hydrogen) atoms. The molecule has 0 aliphatic heterocycles. The van der Waals surface area contributed by atoms with Gasteiger partial charge in [0.15, 0.2) is 0 Å². The molecule has 0 amide bonds. The topological polar surface area (TPSA) is 46.2 Å². The van der Waals surface area contributed by atoms with E-state index in [0.717, 1.165) is 6.07 Å². The summed E-state index contributed by atoms with van der Waals surface area (Å²) in [5.74, 6) is 0. The molecule has 0 saturated heterocycles. The van der Waals surface area contributed by atoms with E-state index in [0.29, 0.717) is 0 Å². The summed E-state index contributed by atoms with van der Waals surface area (Å²) in [5, 5.41) is 9.21. The van der Waals surface area contributed by atoms with Crippen LogP contribution in [-0.2, 0) is 6.18 Å². The standard InChI is InChI=1S/C9H9ClF3NO/c10-6-3-1-2-5(9(11,12)13)8(6)7(15)4-14/h1-3,7,15H,4,14H2. The van der Waals surface area contributed by atoms with Crippen LogP contribution < -0.4 is 5.73 Å². The van der Waals surface area contributed by atoms with Crippen molar-refractivity contribution < 1.29 is 18.3 Å². The number of hydrogen-bond acceptors (Lipinski definition) is 2. The fourth-order valence-electron chi connectivity index (χ4n) is 1.24. The number of halogens is 4. The number of aliphatic hydroxyl groups is 1. The van der Waals surface area contributed by atoms with Gasteiger partial charge in [0.25, 0.3) is 0 Å². The van der Waals surface area contributed by atoms with Gasteiger partial charge in [-0.2, -0.15) is 13.2 Å². The summed E-state index contributed by atoms with van der Waals surface area (Å²) in [6.45, 7) is -0.313. The first-order valence-electron chi connectivity index (χ1n) is 4.11. The molecular weight excluding hydrogens is 231 g/mol. The monoisotopic (exact) mass is 239 g/mol. The van der Waals surface area contributed by atoms with Gasteiger partial charge in [-0.25, -0.2) is 0 Å². The molecule has 1 atom stereocenters. The largest absolute Gasteiger partial charge is 0.416 e. The lowest BCUT2D eigenvalue weighted by Crippen LogP contribution is -2.18. The highest BCUT2D eigenvalue weighted by Crippen LogP contribution is 2.37. The third-order valence-electron chi connectivity index (χ3n) is 1.91. The van der Waals surface area contributed by atoms with Crippen molar-refractivity contribution in [3.8, 4) is 0 Å². The first kappa shape index (κ1) is 12.3. The van der Waals surface area contributed by atoms with Gasteiger partial charge >= 0.3 is 6.18 Å². The van der Waals surface area contributed by atoms with E-state index in [9.17, 15) is 18.3 Å². The van der Waals surface area contributed by atoms with Gasteiger partial charge in [0.2, 0.25) is 0 Å². The zero-order valence-corrected chi connectivity index (χ0v) is 8.31. The summed E-state index contributed by atoms with van der Waals surface area (Å²) in [6.07, 6.45) is -5.95. The van der Waals surface area contributed by atoms with Crippen LogP contribution in [0.5, 0.6) is 0 Å². The lowest BCUT2D eigenvalue weighted by molar-refractivity contribution is -0.139. The fourth-order valence-corrected chi connectivity index (χ4v) is 1.54. The predicted molar refractivity (Wildman–Crippen MR) is 50.5 cm³/mol. The van der Waals surface area contributed by atoms with Crippen LogP contribution in [0, 0.1) is 0 Å². The Labute approximate surface area is 89.5 Å². The minimum atomic E-state index is -4.55. The highest BCUT2D eigenvalue weighted by molar-refractivity contribution is 6.31. The van der Waals surface area contributed by atoms with Gasteiger partial charge in [-0.15, -0.1) is 0 Å². The van der Waals surface area contributed by atoms with Crippen LogP contribution in [0.2, 0.25) is 5.02 Å². The van der Waals surface area contributed by atoms with E-state index < -0.39 is 17.8 Å². The number of nitrogens with two attached hydrogens (primary N) is 1. The second-order valence-corrected chi connectivity index (χ2v) is 3.36. The normalized spacial score (nSPS) is 14.0. The van der Waals surface area contributed by atoms with Crippen LogP contribution >= 0.6 is 11.6 Å². The second kappa shape index (κ2) is 4.38. The Morgan fingerprint density at radius 2 is 2.00 bits per heavy atom. The van der Waals surface area contributed by atoms with Crippen molar-refractivity contribution in [1.82, 2.24) is 0 Å². The molecule has 1 aromatic carbocycles. The maximum absolute atomic E-state index is 12.5. The molecule has 0 aliphatic carbocycles. The summed E-state index contributed by atoms with van der Waals surface area (Å²) in [7, 11) is 0. The van der Waals surface area contributed by atoms with Crippen LogP contribution in [0.25, 0.3) is 0 Å². The van der Waals surface area contributed by atoms with E-state index in [1.54, 1.807) is 0 Å². The first-order chi connectivity index (χ1) is 6.88. The molecule has 1 aromatic rings. The molecular formula is C9H9ClF3NO. The van der Waals surface area contributed by atoms with Crippen LogP contribution in [0.1, 0.15) is 17.2 Å². The molecule has 0 saturated carbocycles. The van der Waals surface area contributed by atoms with Crippen molar-refractivity contribution in [2.24, 2.45) is 5.73 Å². The number of alkyl halides is 3. The van der Waals surface area contributed by atoms with E-state index in [-0.39, 0.29) is 17.1 Å². The summed E-state index contributed by atoms with van der Waals surface area (Å²) >= 11 is 5.59. The lowest BCUT2D eigenvalue weighted by Gasteiger charge is -2.17. The molecule has 0 heterocycles. The predicted octanol–water partition coefficient (Wildman–Crippen LogP) is 2.35. The minimum absolute atomic E-state index is 0.136. The van der Waals surface area contributed by atoms with Crippen molar-refractivity contribution in [2.75, 3.05) is 6.54 Å². The van der Waals surface area contributed by atoms with Crippen molar-refractivity contribution in [3.05, 3.63) is 34.3 Å². The molecule has 84 valence electrons. The smallest absolute Gasteiger partial charge is 0.387 e. The third-order valence-corrected chi connectivity index (χ3v) is 2.24. The van der Waals surface area contributed by atoms with E-state index in [1.165, 1.54) is 12.1 Å². The maximum atomic E-state index is 12.5. The fraction of sp³-hybridized carbons (Fsp3) is 0.333. The number of benzene rings is 1. The van der Waals surface area contributed by atoms with Crippen molar-refractivity contribution >= 4 is 11.6 Å². The molecule has 3 N–H and O–H groups in total. The highest BCUT2D eigenvalue weighted by Gasteiger charge is 2.35. The second-order valence-electron chi connectivity index (χ2n) is 2.95. The molecule has 1 rings (SSSR count). The molecule has 6 heteroatoms. The molecule has 0 radical (unpaired) electrons. The summed E-state index contributed by atoms with van der Waals surface area (Å²) in [4.78, 5) is 0. The zero-order chi connectivity index (χ0) is 11.6. The molecule has 0 aliphatic rings. The third kappa shape index (κ3) is 2.62. The molecule has 2 nitrogen and oxygen atoms in total. The molecule has 0 spiro atoms.